The molecular formula is C21H24N2O2S. The molecule has 0 bridgehead atoms. The number of nitrogens with zero attached hydrogens (tertiary/aromatic N) is 1. The zero-order chi connectivity index (χ0) is 18.4. The average Bonchev–Trinajstić information content (AvgIpc) is 2.69. The molecule has 0 atom stereocenters. The first-order chi connectivity index (χ1) is 12.6. The zero-order valence-corrected chi connectivity index (χ0v) is 15.8. The molecule has 1 aliphatic rings. The topological polar surface area (TPSA) is 41.6 Å². The molecule has 1 heterocycles. The van der Waals surface area contributed by atoms with Crippen LogP contribution in [0.1, 0.15) is 30.4 Å². The van der Waals surface area contributed by atoms with Gasteiger partial charge in [0.2, 0.25) is 0 Å². The molecule has 1 N–H and O–H groups in total. The van der Waals surface area contributed by atoms with Gasteiger partial charge in [0.15, 0.2) is 6.61 Å². The van der Waals surface area contributed by atoms with E-state index in [0.717, 1.165) is 34.9 Å². The van der Waals surface area contributed by atoms with E-state index in [-0.39, 0.29) is 12.5 Å². The monoisotopic (exact) mass is 368 g/mol. The molecule has 0 radical (unpaired) electrons. The maximum Gasteiger partial charge on any atom is 0.262 e. The van der Waals surface area contributed by atoms with Crippen molar-refractivity contribution in [2.75, 3.05) is 25.0 Å². The summed E-state index contributed by atoms with van der Waals surface area (Å²) in [5, 5.41) is 2.82. The number of likely N-dealkylation sites (tertiary alicyclic amines) is 1. The van der Waals surface area contributed by atoms with Gasteiger partial charge in [-0.3, -0.25) is 4.79 Å². The second-order valence-corrected chi connectivity index (χ2v) is 6.97. The van der Waals surface area contributed by atoms with Gasteiger partial charge in [-0.1, -0.05) is 29.9 Å². The second kappa shape index (κ2) is 8.81. The third-order valence-electron chi connectivity index (χ3n) is 4.45. The fourth-order valence-electron chi connectivity index (χ4n) is 2.96. The highest BCUT2D eigenvalue weighted by Gasteiger charge is 2.14. The standard InChI is InChI=1S/C21H24N2O2S/c1-16-5-9-18(10-6-16)22-20(24)15-25-19-11-7-17(8-12-19)21(26)23-13-3-2-4-14-23/h5-12H,2-4,13-15H2,1H3,(H,22,24). The van der Waals surface area contributed by atoms with Gasteiger partial charge in [-0.15, -0.1) is 0 Å². The van der Waals surface area contributed by atoms with Crippen molar-refractivity contribution < 1.29 is 9.53 Å². The Kier molecular flexibility index (Phi) is 6.23. The van der Waals surface area contributed by atoms with Gasteiger partial charge < -0.3 is 15.0 Å². The minimum Gasteiger partial charge on any atom is -0.484 e. The highest BCUT2D eigenvalue weighted by molar-refractivity contribution is 7.80. The molecule has 2 aromatic rings. The minimum atomic E-state index is -0.179. The Morgan fingerprint density at radius 2 is 1.69 bits per heavy atom. The van der Waals surface area contributed by atoms with Gasteiger partial charge in [0, 0.05) is 24.3 Å². The molecule has 3 rings (SSSR count). The summed E-state index contributed by atoms with van der Waals surface area (Å²) in [4.78, 5) is 15.2. The van der Waals surface area contributed by atoms with Gasteiger partial charge in [-0.05, 0) is 62.6 Å². The van der Waals surface area contributed by atoms with Crippen molar-refractivity contribution in [2.45, 2.75) is 26.2 Å². The number of hydrogen-bond donors (Lipinski definition) is 1. The number of piperidine rings is 1. The molecular weight excluding hydrogens is 344 g/mol. The van der Waals surface area contributed by atoms with Gasteiger partial charge in [-0.2, -0.15) is 0 Å². The van der Waals surface area contributed by atoms with Crippen molar-refractivity contribution in [1.29, 1.82) is 0 Å². The number of benzene rings is 2. The van der Waals surface area contributed by atoms with E-state index in [1.165, 1.54) is 19.3 Å². The Balaban J connectivity index is 1.50. The minimum absolute atomic E-state index is 0.0240. The van der Waals surface area contributed by atoms with Crippen LogP contribution in [0.5, 0.6) is 5.75 Å². The summed E-state index contributed by atoms with van der Waals surface area (Å²) in [6.45, 7) is 4.06. The molecule has 0 aliphatic carbocycles. The lowest BCUT2D eigenvalue weighted by Gasteiger charge is -2.29. The summed E-state index contributed by atoms with van der Waals surface area (Å²) >= 11 is 5.59. The SMILES string of the molecule is Cc1ccc(NC(=O)COc2ccc(C(=S)N3CCCCC3)cc2)cc1. The number of amides is 1. The number of hydrogen-bond acceptors (Lipinski definition) is 3. The first-order valence-corrected chi connectivity index (χ1v) is 9.41. The van der Waals surface area contributed by atoms with Crippen LogP contribution in [-0.2, 0) is 4.79 Å². The van der Waals surface area contributed by atoms with Crippen LogP contribution >= 0.6 is 12.2 Å². The smallest absolute Gasteiger partial charge is 0.262 e. The van der Waals surface area contributed by atoms with Gasteiger partial charge >= 0.3 is 0 Å². The maximum absolute atomic E-state index is 12.0. The Hall–Kier alpha value is -2.40. The van der Waals surface area contributed by atoms with Crippen LogP contribution in [0.4, 0.5) is 5.69 Å². The van der Waals surface area contributed by atoms with E-state index in [0.29, 0.717) is 5.75 Å². The number of ether oxygens (including phenoxy) is 1. The highest BCUT2D eigenvalue weighted by atomic mass is 32.1. The van der Waals surface area contributed by atoms with Gasteiger partial charge in [0.25, 0.3) is 5.91 Å². The lowest BCUT2D eigenvalue weighted by atomic mass is 10.1. The van der Waals surface area contributed by atoms with Crippen LogP contribution < -0.4 is 10.1 Å². The summed E-state index contributed by atoms with van der Waals surface area (Å²) in [5.74, 6) is 0.482. The lowest BCUT2D eigenvalue weighted by Crippen LogP contribution is -2.34. The third kappa shape index (κ3) is 5.05. The molecule has 26 heavy (non-hydrogen) atoms. The van der Waals surface area contributed by atoms with E-state index in [9.17, 15) is 4.79 Å². The number of carbonyl (C=O) groups excluding carboxylic acids is 1. The van der Waals surface area contributed by atoms with Crippen LogP contribution in [0.25, 0.3) is 0 Å². The first kappa shape index (κ1) is 18.4. The summed E-state index contributed by atoms with van der Waals surface area (Å²) < 4.78 is 5.58. The largest absolute Gasteiger partial charge is 0.484 e. The van der Waals surface area contributed by atoms with Crippen LogP contribution in [0.3, 0.4) is 0 Å². The molecule has 4 nitrogen and oxygen atoms in total. The second-order valence-electron chi connectivity index (χ2n) is 6.58. The predicted molar refractivity (Wildman–Crippen MR) is 109 cm³/mol. The van der Waals surface area contributed by atoms with Crippen LogP contribution in [0.15, 0.2) is 48.5 Å². The average molecular weight is 369 g/mol. The van der Waals surface area contributed by atoms with E-state index in [1.807, 2.05) is 55.5 Å². The summed E-state index contributed by atoms with van der Waals surface area (Å²) in [5.41, 5.74) is 2.95. The van der Waals surface area contributed by atoms with Crippen molar-refractivity contribution in [2.24, 2.45) is 0 Å². The lowest BCUT2D eigenvalue weighted by molar-refractivity contribution is -0.118. The van der Waals surface area contributed by atoms with Crippen LogP contribution in [0.2, 0.25) is 0 Å². The molecule has 0 saturated carbocycles. The van der Waals surface area contributed by atoms with E-state index in [4.69, 9.17) is 17.0 Å². The molecule has 2 aromatic carbocycles. The number of thiocarbonyl (C=S) groups is 1. The maximum atomic E-state index is 12.0. The van der Waals surface area contributed by atoms with Crippen molar-refractivity contribution >= 4 is 28.8 Å². The molecule has 5 heteroatoms. The molecule has 1 fully saturated rings. The van der Waals surface area contributed by atoms with Gasteiger partial charge in [-0.25, -0.2) is 0 Å². The highest BCUT2D eigenvalue weighted by Crippen LogP contribution is 2.17. The number of aryl methyl sites for hydroxylation is 1. The van der Waals surface area contributed by atoms with Gasteiger partial charge in [0.1, 0.15) is 10.7 Å². The van der Waals surface area contributed by atoms with Crippen molar-refractivity contribution in [1.82, 2.24) is 4.90 Å². The number of rotatable bonds is 5. The number of anilines is 1. The predicted octanol–water partition coefficient (Wildman–Crippen LogP) is 4.17. The third-order valence-corrected chi connectivity index (χ3v) is 4.94. The quantitative estimate of drug-likeness (QED) is 0.804. The molecule has 1 saturated heterocycles. The molecule has 0 unspecified atom stereocenters. The summed E-state index contributed by atoms with van der Waals surface area (Å²) in [7, 11) is 0. The van der Waals surface area contributed by atoms with E-state index in [1.54, 1.807) is 0 Å². The molecule has 136 valence electrons. The summed E-state index contributed by atoms with van der Waals surface area (Å²) in [6.07, 6.45) is 3.70. The Labute approximate surface area is 160 Å². The molecule has 0 spiro atoms. The normalized spacial score (nSPS) is 14.0. The Bertz CT molecular complexity index is 751. The van der Waals surface area contributed by atoms with Crippen molar-refractivity contribution in [3.05, 3.63) is 59.7 Å². The van der Waals surface area contributed by atoms with Crippen LogP contribution in [-0.4, -0.2) is 35.5 Å². The van der Waals surface area contributed by atoms with Crippen LogP contribution in [0, 0.1) is 6.92 Å². The molecule has 0 aromatic heterocycles. The number of nitrogens with one attached hydrogen (secondary N) is 1. The fourth-order valence-corrected chi connectivity index (χ4v) is 3.27. The fraction of sp³-hybridized carbons (Fsp3) is 0.333. The van der Waals surface area contributed by atoms with Crippen molar-refractivity contribution in [3.63, 3.8) is 0 Å². The van der Waals surface area contributed by atoms with E-state index in [2.05, 4.69) is 10.2 Å². The number of carbonyl (C=O) groups is 1. The van der Waals surface area contributed by atoms with E-state index < -0.39 is 0 Å². The van der Waals surface area contributed by atoms with E-state index >= 15 is 0 Å². The zero-order valence-electron chi connectivity index (χ0n) is 15.0. The van der Waals surface area contributed by atoms with Crippen molar-refractivity contribution in [3.8, 4) is 5.75 Å². The Morgan fingerprint density at radius 3 is 2.35 bits per heavy atom. The first-order valence-electron chi connectivity index (χ1n) is 9.00. The molecule has 1 amide bonds. The molecule has 1 aliphatic heterocycles. The van der Waals surface area contributed by atoms with Gasteiger partial charge in [0.05, 0.1) is 0 Å². The summed E-state index contributed by atoms with van der Waals surface area (Å²) in [6, 6.07) is 15.3. The Morgan fingerprint density at radius 1 is 1.04 bits per heavy atom.